The minimum Gasteiger partial charge on any atom is -0.419 e. The van der Waals surface area contributed by atoms with Gasteiger partial charge in [0.2, 0.25) is 0 Å². The lowest BCUT2D eigenvalue weighted by Gasteiger charge is -2.49. The first kappa shape index (κ1) is 16.7. The highest BCUT2D eigenvalue weighted by atomic mass is 32.1. The molecule has 0 radical (unpaired) electrons. The highest BCUT2D eigenvalue weighted by Crippen LogP contribution is 2.33. The number of nitrogens with one attached hydrogen (secondary N) is 2. The van der Waals surface area contributed by atoms with Crippen LogP contribution >= 0.6 is 11.3 Å². The molecule has 7 nitrogen and oxygen atoms in total. The van der Waals surface area contributed by atoms with E-state index in [9.17, 15) is 4.79 Å². The SMILES string of the molecule is COC1(Oc2ccc(C(=O)N[C@@H]3C4CCN(CC4)[C@H]3C)s2)NC=CO1. The molecule has 0 spiro atoms. The number of hydrogen-bond acceptors (Lipinski definition) is 7. The standard InChI is InChI=1S/C17H23N3O4S/c1-11-15(12-5-8-20(11)9-6-12)19-16(21)13-3-4-14(25-13)24-17(22-2)18-7-10-23-17/h3-4,7,10-12,15,18H,5-6,8-9H2,1-2H3,(H,19,21)/t11-,15-,17?/m0/s1. The third-order valence-electron chi connectivity index (χ3n) is 5.34. The normalized spacial score (nSPS) is 35.9. The van der Waals surface area contributed by atoms with Crippen LogP contribution in [0.1, 0.15) is 29.4 Å². The van der Waals surface area contributed by atoms with Gasteiger partial charge in [-0.05, 0) is 50.9 Å². The minimum absolute atomic E-state index is 0.0460. The molecule has 3 fully saturated rings. The van der Waals surface area contributed by atoms with E-state index in [1.807, 2.05) is 0 Å². The summed E-state index contributed by atoms with van der Waals surface area (Å²) in [6.45, 7) is 4.50. The molecule has 0 saturated carbocycles. The molecular weight excluding hydrogens is 342 g/mol. The summed E-state index contributed by atoms with van der Waals surface area (Å²) in [4.78, 5) is 15.8. The molecule has 2 N–H and O–H groups in total. The Kier molecular flexibility index (Phi) is 4.35. The summed E-state index contributed by atoms with van der Waals surface area (Å²) in [5.41, 5.74) is 0. The number of carbonyl (C=O) groups excluding carboxylic acids is 1. The van der Waals surface area contributed by atoms with Crippen molar-refractivity contribution in [2.45, 2.75) is 37.9 Å². The van der Waals surface area contributed by atoms with Gasteiger partial charge < -0.3 is 14.8 Å². The Morgan fingerprint density at radius 2 is 2.24 bits per heavy atom. The summed E-state index contributed by atoms with van der Waals surface area (Å²) < 4.78 is 16.2. The summed E-state index contributed by atoms with van der Waals surface area (Å²) in [5.74, 6) is 0.536. The molecule has 5 heterocycles. The number of hydrogen-bond donors (Lipinski definition) is 2. The van der Waals surface area contributed by atoms with Crippen molar-refractivity contribution >= 4 is 17.2 Å². The molecular formula is C17H23N3O4S. The Morgan fingerprint density at radius 3 is 2.88 bits per heavy atom. The molecule has 5 rings (SSSR count). The molecule has 2 bridgehead atoms. The summed E-state index contributed by atoms with van der Waals surface area (Å²) in [5, 5.41) is 6.63. The number of amides is 1. The summed E-state index contributed by atoms with van der Waals surface area (Å²) in [6, 6.07) is 4.14. The van der Waals surface area contributed by atoms with Gasteiger partial charge in [0, 0.05) is 25.4 Å². The lowest BCUT2D eigenvalue weighted by molar-refractivity contribution is -0.311. The number of nitrogens with zero attached hydrogens (tertiary/aromatic N) is 1. The highest BCUT2D eigenvalue weighted by Gasteiger charge is 2.41. The van der Waals surface area contributed by atoms with Crippen LogP contribution < -0.4 is 15.4 Å². The van der Waals surface area contributed by atoms with E-state index in [0.29, 0.717) is 21.9 Å². The van der Waals surface area contributed by atoms with Gasteiger partial charge >= 0.3 is 6.10 Å². The van der Waals surface area contributed by atoms with Crippen LogP contribution in [0.25, 0.3) is 0 Å². The molecule has 0 aliphatic carbocycles. The lowest BCUT2D eigenvalue weighted by atomic mass is 9.79. The predicted molar refractivity (Wildman–Crippen MR) is 93.1 cm³/mol. The van der Waals surface area contributed by atoms with Crippen molar-refractivity contribution in [2.24, 2.45) is 5.92 Å². The van der Waals surface area contributed by atoms with E-state index in [2.05, 4.69) is 22.5 Å². The number of fused-ring (bicyclic) bond motifs is 3. The first-order chi connectivity index (χ1) is 12.1. The Bertz CT molecular complexity index is 659. The smallest absolute Gasteiger partial charge is 0.419 e. The Balaban J connectivity index is 1.41. The van der Waals surface area contributed by atoms with E-state index in [0.717, 1.165) is 13.1 Å². The average molecular weight is 365 g/mol. The number of carbonyl (C=O) groups is 1. The average Bonchev–Trinajstić information content (AvgIpc) is 3.29. The van der Waals surface area contributed by atoms with E-state index in [1.54, 1.807) is 18.3 Å². The first-order valence-corrected chi connectivity index (χ1v) is 9.41. The van der Waals surface area contributed by atoms with Gasteiger partial charge in [-0.2, -0.15) is 0 Å². The third kappa shape index (κ3) is 3.09. The zero-order valence-electron chi connectivity index (χ0n) is 14.4. The molecule has 4 aliphatic heterocycles. The fourth-order valence-corrected chi connectivity index (χ4v) is 4.69. The maximum atomic E-state index is 12.7. The molecule has 1 amide bonds. The highest BCUT2D eigenvalue weighted by molar-refractivity contribution is 7.15. The van der Waals surface area contributed by atoms with E-state index in [-0.39, 0.29) is 11.9 Å². The molecule has 3 saturated heterocycles. The molecule has 8 heteroatoms. The molecule has 136 valence electrons. The van der Waals surface area contributed by atoms with Crippen LogP contribution in [0.3, 0.4) is 0 Å². The molecule has 1 aromatic rings. The topological polar surface area (TPSA) is 72.1 Å². The van der Waals surface area contributed by atoms with Crippen LogP contribution in [0.4, 0.5) is 0 Å². The minimum atomic E-state index is -1.36. The van der Waals surface area contributed by atoms with Crippen molar-refractivity contribution in [1.29, 1.82) is 0 Å². The molecule has 25 heavy (non-hydrogen) atoms. The Hall–Kier alpha value is -1.77. The fourth-order valence-electron chi connectivity index (χ4n) is 3.89. The van der Waals surface area contributed by atoms with Gasteiger partial charge in [-0.25, -0.2) is 0 Å². The quantitative estimate of drug-likeness (QED) is 0.774. The van der Waals surface area contributed by atoms with Crippen molar-refractivity contribution in [1.82, 2.24) is 15.5 Å². The van der Waals surface area contributed by atoms with Crippen molar-refractivity contribution in [3.05, 3.63) is 29.5 Å². The maximum Gasteiger partial charge on any atom is 0.468 e. The van der Waals surface area contributed by atoms with Crippen LogP contribution in [0.5, 0.6) is 5.06 Å². The van der Waals surface area contributed by atoms with Crippen LogP contribution in [-0.4, -0.2) is 49.2 Å². The van der Waals surface area contributed by atoms with Gasteiger partial charge in [-0.15, -0.1) is 0 Å². The molecule has 3 atom stereocenters. The second-order valence-electron chi connectivity index (χ2n) is 6.66. The second kappa shape index (κ2) is 6.51. The number of rotatable bonds is 5. The molecule has 1 unspecified atom stereocenters. The zero-order chi connectivity index (χ0) is 17.4. The van der Waals surface area contributed by atoms with Gasteiger partial charge in [0.25, 0.3) is 5.91 Å². The summed E-state index contributed by atoms with van der Waals surface area (Å²) in [7, 11) is 1.48. The second-order valence-corrected chi connectivity index (χ2v) is 7.71. The van der Waals surface area contributed by atoms with Crippen LogP contribution in [-0.2, 0) is 9.47 Å². The first-order valence-electron chi connectivity index (χ1n) is 8.60. The van der Waals surface area contributed by atoms with Crippen molar-refractivity contribution < 1.29 is 19.0 Å². The number of thiophene rings is 1. The van der Waals surface area contributed by atoms with E-state index < -0.39 is 6.10 Å². The van der Waals surface area contributed by atoms with E-state index in [4.69, 9.17) is 14.2 Å². The zero-order valence-corrected chi connectivity index (χ0v) is 15.2. The Morgan fingerprint density at radius 1 is 1.44 bits per heavy atom. The van der Waals surface area contributed by atoms with Gasteiger partial charge in [0.1, 0.15) is 6.26 Å². The third-order valence-corrected chi connectivity index (χ3v) is 6.30. The van der Waals surface area contributed by atoms with Gasteiger partial charge in [0.05, 0.1) is 4.88 Å². The molecule has 0 aromatic carbocycles. The number of ether oxygens (including phenoxy) is 3. The van der Waals surface area contributed by atoms with Crippen molar-refractivity contribution in [2.75, 3.05) is 20.2 Å². The number of piperidine rings is 3. The van der Waals surface area contributed by atoms with Gasteiger partial charge in [-0.1, -0.05) is 11.3 Å². The maximum absolute atomic E-state index is 12.7. The van der Waals surface area contributed by atoms with E-state index >= 15 is 0 Å². The van der Waals surface area contributed by atoms with E-state index in [1.165, 1.54) is 37.6 Å². The summed E-state index contributed by atoms with van der Waals surface area (Å²) >= 11 is 1.28. The van der Waals surface area contributed by atoms with Gasteiger partial charge in [0.15, 0.2) is 5.06 Å². The van der Waals surface area contributed by atoms with Crippen LogP contribution in [0.15, 0.2) is 24.6 Å². The monoisotopic (exact) mass is 365 g/mol. The largest absolute Gasteiger partial charge is 0.468 e. The van der Waals surface area contributed by atoms with Crippen LogP contribution in [0, 0.1) is 5.92 Å². The summed E-state index contributed by atoms with van der Waals surface area (Å²) in [6.07, 6.45) is 4.03. The van der Waals surface area contributed by atoms with Crippen molar-refractivity contribution in [3.63, 3.8) is 0 Å². The van der Waals surface area contributed by atoms with Gasteiger partial charge in [-0.3, -0.25) is 19.7 Å². The lowest BCUT2D eigenvalue weighted by Crippen LogP contribution is -2.62. The molecule has 4 aliphatic rings. The predicted octanol–water partition coefficient (Wildman–Crippen LogP) is 1.69. The number of methoxy groups -OCH3 is 1. The van der Waals surface area contributed by atoms with Crippen molar-refractivity contribution in [3.8, 4) is 5.06 Å². The van der Waals surface area contributed by atoms with Crippen LogP contribution in [0.2, 0.25) is 0 Å². The Labute approximate surface area is 150 Å². The fraction of sp³-hybridized carbons (Fsp3) is 0.588. The molecule has 1 aromatic heterocycles.